The molecule has 3 rings (SSSR count). The minimum atomic E-state index is -0.921. The molecular weight excluding hydrogens is 426 g/mol. The molecule has 1 unspecified atom stereocenters. The van der Waals surface area contributed by atoms with E-state index in [1.54, 1.807) is 6.07 Å². The molecule has 2 aromatic carbocycles. The quantitative estimate of drug-likeness (QED) is 0.398. The molecule has 174 valence electrons. The molecule has 1 amide bonds. The fourth-order valence-electron chi connectivity index (χ4n) is 3.33. The highest BCUT2D eigenvalue weighted by Crippen LogP contribution is 2.31. The van der Waals surface area contributed by atoms with E-state index in [9.17, 15) is 14.7 Å². The number of aryl methyl sites for hydroxylation is 3. The number of nitrogens with zero attached hydrogens (tertiary/aromatic N) is 2. The number of benzene rings is 2. The number of carbonyl (C=O) groups is 2. The average Bonchev–Trinajstić information content (AvgIpc) is 3.31. The number of hydrogen-bond acceptors (Lipinski definition) is 8. The van der Waals surface area contributed by atoms with Gasteiger partial charge in [-0.1, -0.05) is 18.1 Å². The van der Waals surface area contributed by atoms with Gasteiger partial charge in [-0.2, -0.15) is 4.98 Å². The minimum Gasteiger partial charge on any atom is -0.490 e. The molecular formula is C24H27N3O6. The van der Waals surface area contributed by atoms with Gasteiger partial charge in [-0.05, 0) is 61.2 Å². The van der Waals surface area contributed by atoms with E-state index in [1.165, 1.54) is 0 Å². The fourth-order valence-corrected chi connectivity index (χ4v) is 3.33. The van der Waals surface area contributed by atoms with Gasteiger partial charge in [0.15, 0.2) is 0 Å². The molecule has 9 heteroatoms. The van der Waals surface area contributed by atoms with Crippen LogP contribution in [0.3, 0.4) is 0 Å². The molecule has 1 heterocycles. The van der Waals surface area contributed by atoms with Crippen molar-refractivity contribution in [1.29, 1.82) is 0 Å². The Kier molecular flexibility index (Phi) is 7.92. The summed E-state index contributed by atoms with van der Waals surface area (Å²) < 4.78 is 11.3. The smallest absolute Gasteiger partial charge is 0.258 e. The van der Waals surface area contributed by atoms with Gasteiger partial charge in [0.1, 0.15) is 31.4 Å². The topological polar surface area (TPSA) is 135 Å². The van der Waals surface area contributed by atoms with Crippen LogP contribution in [-0.4, -0.2) is 58.4 Å². The lowest BCUT2D eigenvalue weighted by molar-refractivity contribution is -0.124. The monoisotopic (exact) mass is 453 g/mol. The average molecular weight is 453 g/mol. The Morgan fingerprint density at radius 3 is 2.70 bits per heavy atom. The molecule has 0 fully saturated rings. The number of ether oxygens (including phenoxy) is 1. The van der Waals surface area contributed by atoms with Crippen molar-refractivity contribution in [3.63, 3.8) is 0 Å². The van der Waals surface area contributed by atoms with Gasteiger partial charge in [0.05, 0.1) is 0 Å². The van der Waals surface area contributed by atoms with E-state index in [2.05, 4.69) is 15.5 Å². The molecule has 0 spiro atoms. The largest absolute Gasteiger partial charge is 0.490 e. The van der Waals surface area contributed by atoms with Crippen LogP contribution in [0.2, 0.25) is 0 Å². The molecule has 1 atom stereocenters. The van der Waals surface area contributed by atoms with Gasteiger partial charge < -0.3 is 24.8 Å². The van der Waals surface area contributed by atoms with Gasteiger partial charge in [0.2, 0.25) is 11.7 Å². The zero-order valence-corrected chi connectivity index (χ0v) is 18.8. The Morgan fingerprint density at radius 1 is 1.21 bits per heavy atom. The SMILES string of the molecule is CCc1cc(-c2noc(-c3ccc(C)c(C=O)c3)n2)cc(C)c1OCC(O)CNC(=O)CO. The molecule has 3 aromatic rings. The zero-order chi connectivity index (χ0) is 24.0. The third-order valence-electron chi connectivity index (χ3n) is 5.17. The maximum absolute atomic E-state index is 11.2. The van der Waals surface area contributed by atoms with Crippen molar-refractivity contribution >= 4 is 12.2 Å². The predicted molar refractivity (Wildman–Crippen MR) is 121 cm³/mol. The Labute approximate surface area is 191 Å². The molecule has 9 nitrogen and oxygen atoms in total. The number of aliphatic hydroxyl groups excluding tert-OH is 2. The first-order valence-electron chi connectivity index (χ1n) is 10.6. The van der Waals surface area contributed by atoms with Gasteiger partial charge in [0.25, 0.3) is 5.89 Å². The molecule has 0 radical (unpaired) electrons. The molecule has 0 aliphatic heterocycles. The highest BCUT2D eigenvalue weighted by atomic mass is 16.5. The maximum atomic E-state index is 11.2. The Hall–Kier alpha value is -3.56. The molecule has 0 bridgehead atoms. The summed E-state index contributed by atoms with van der Waals surface area (Å²) in [5.74, 6) is 0.814. The van der Waals surface area contributed by atoms with E-state index in [0.29, 0.717) is 35.0 Å². The molecule has 0 saturated heterocycles. The Morgan fingerprint density at radius 2 is 2.00 bits per heavy atom. The molecule has 3 N–H and O–H groups in total. The van der Waals surface area contributed by atoms with Crippen LogP contribution in [0.1, 0.15) is 34.0 Å². The maximum Gasteiger partial charge on any atom is 0.258 e. The third-order valence-corrected chi connectivity index (χ3v) is 5.17. The number of aromatic nitrogens is 2. The summed E-state index contributed by atoms with van der Waals surface area (Å²) in [5, 5.41) is 25.3. The van der Waals surface area contributed by atoms with E-state index in [4.69, 9.17) is 14.4 Å². The van der Waals surface area contributed by atoms with Crippen LogP contribution < -0.4 is 10.1 Å². The van der Waals surface area contributed by atoms with Gasteiger partial charge in [-0.3, -0.25) is 9.59 Å². The van der Waals surface area contributed by atoms with E-state index >= 15 is 0 Å². The highest BCUT2D eigenvalue weighted by molar-refractivity contribution is 5.80. The molecule has 33 heavy (non-hydrogen) atoms. The van der Waals surface area contributed by atoms with E-state index < -0.39 is 18.6 Å². The minimum absolute atomic E-state index is 0.0161. The number of carbonyl (C=O) groups excluding carboxylic acids is 2. The van der Waals surface area contributed by atoms with E-state index in [1.807, 2.05) is 45.0 Å². The normalized spacial score (nSPS) is 11.8. The summed E-state index contributed by atoms with van der Waals surface area (Å²) in [4.78, 5) is 26.8. The van der Waals surface area contributed by atoms with Crippen LogP contribution in [0.5, 0.6) is 5.75 Å². The van der Waals surface area contributed by atoms with Gasteiger partial charge >= 0.3 is 0 Å². The number of amides is 1. The Balaban J connectivity index is 1.78. The summed E-state index contributed by atoms with van der Waals surface area (Å²) in [5.41, 5.74) is 4.59. The van der Waals surface area contributed by atoms with Crippen LogP contribution in [0.15, 0.2) is 34.9 Å². The van der Waals surface area contributed by atoms with Gasteiger partial charge in [-0.25, -0.2) is 0 Å². The van der Waals surface area contributed by atoms with Gasteiger partial charge in [-0.15, -0.1) is 0 Å². The second-order valence-electron chi connectivity index (χ2n) is 7.67. The second-order valence-corrected chi connectivity index (χ2v) is 7.67. The van der Waals surface area contributed by atoms with Crippen molar-refractivity contribution in [3.05, 3.63) is 52.6 Å². The highest BCUT2D eigenvalue weighted by Gasteiger charge is 2.17. The van der Waals surface area contributed by atoms with Gasteiger partial charge in [0, 0.05) is 23.2 Å². The summed E-state index contributed by atoms with van der Waals surface area (Å²) >= 11 is 0. The number of aldehydes is 1. The molecule has 0 aliphatic rings. The van der Waals surface area contributed by atoms with Crippen LogP contribution in [0, 0.1) is 13.8 Å². The lowest BCUT2D eigenvalue weighted by Crippen LogP contribution is -2.36. The van der Waals surface area contributed by atoms with Crippen molar-refractivity contribution < 1.29 is 29.1 Å². The van der Waals surface area contributed by atoms with Crippen molar-refractivity contribution in [3.8, 4) is 28.6 Å². The molecule has 1 aromatic heterocycles. The second kappa shape index (κ2) is 10.8. The number of aliphatic hydroxyl groups is 2. The predicted octanol–water partition coefficient (Wildman–Crippen LogP) is 2.24. The van der Waals surface area contributed by atoms with Crippen LogP contribution in [-0.2, 0) is 11.2 Å². The van der Waals surface area contributed by atoms with Crippen LogP contribution in [0.4, 0.5) is 0 Å². The first-order chi connectivity index (χ1) is 15.9. The fraction of sp³-hybridized carbons (Fsp3) is 0.333. The van der Waals surface area contributed by atoms with Crippen molar-refractivity contribution in [2.45, 2.75) is 33.3 Å². The first-order valence-corrected chi connectivity index (χ1v) is 10.6. The summed E-state index contributed by atoms with van der Waals surface area (Å²) in [7, 11) is 0. The van der Waals surface area contributed by atoms with Crippen LogP contribution in [0.25, 0.3) is 22.8 Å². The zero-order valence-electron chi connectivity index (χ0n) is 18.8. The summed E-state index contributed by atoms with van der Waals surface area (Å²) in [6.45, 7) is 5.06. The van der Waals surface area contributed by atoms with Crippen molar-refractivity contribution in [1.82, 2.24) is 15.5 Å². The summed E-state index contributed by atoms with van der Waals surface area (Å²) in [6, 6.07) is 9.15. The van der Waals surface area contributed by atoms with Crippen LogP contribution >= 0.6 is 0 Å². The van der Waals surface area contributed by atoms with E-state index in [-0.39, 0.29) is 13.2 Å². The van der Waals surface area contributed by atoms with E-state index in [0.717, 1.165) is 28.5 Å². The van der Waals surface area contributed by atoms with Crippen molar-refractivity contribution in [2.75, 3.05) is 19.8 Å². The lowest BCUT2D eigenvalue weighted by atomic mass is 10.0. The first kappa shape index (κ1) is 24.1. The molecule has 0 aliphatic carbocycles. The Bertz CT molecular complexity index is 1140. The standard InChI is InChI=1S/C24H27N3O6/c1-4-16-8-18(7-15(3)22(16)32-13-20(30)10-25-21(31)12-29)23-26-24(33-27-23)17-6-5-14(2)19(9-17)11-28/h5-9,11,20,29-30H,4,10,12-13H2,1-3H3,(H,25,31). The number of rotatable bonds is 10. The summed E-state index contributed by atoms with van der Waals surface area (Å²) in [6.07, 6.45) is 0.547. The number of nitrogens with one attached hydrogen (secondary N) is 1. The number of hydrogen-bond donors (Lipinski definition) is 3. The third kappa shape index (κ3) is 5.82. The molecule has 0 saturated carbocycles. The lowest BCUT2D eigenvalue weighted by Gasteiger charge is -2.17. The van der Waals surface area contributed by atoms with Crippen molar-refractivity contribution in [2.24, 2.45) is 0 Å².